The molecular formula is C14H16F3N3O3. The molecule has 1 unspecified atom stereocenters. The number of benzene rings is 1. The van der Waals surface area contributed by atoms with E-state index < -0.39 is 22.5 Å². The summed E-state index contributed by atoms with van der Waals surface area (Å²) in [4.78, 5) is 21.4. The molecule has 1 N–H and O–H groups in total. The highest BCUT2D eigenvalue weighted by molar-refractivity contribution is 5.77. The van der Waals surface area contributed by atoms with Crippen LogP contribution in [0.3, 0.4) is 0 Å². The molecule has 23 heavy (non-hydrogen) atoms. The van der Waals surface area contributed by atoms with Crippen LogP contribution in [0.5, 0.6) is 0 Å². The third-order valence-corrected chi connectivity index (χ3v) is 3.92. The summed E-state index contributed by atoms with van der Waals surface area (Å²) in [5, 5.41) is 11.6. The molecule has 1 heterocycles. The summed E-state index contributed by atoms with van der Waals surface area (Å²) in [6.07, 6.45) is -4.72. The van der Waals surface area contributed by atoms with E-state index in [-0.39, 0.29) is 37.1 Å². The number of halogens is 3. The minimum atomic E-state index is -4.66. The van der Waals surface area contributed by atoms with Crippen molar-refractivity contribution in [3.05, 3.63) is 39.9 Å². The molecule has 0 aromatic heterocycles. The Hall–Kier alpha value is -2.16. The largest absolute Gasteiger partial charge is 0.412 e. The fourth-order valence-electron chi connectivity index (χ4n) is 2.88. The van der Waals surface area contributed by atoms with E-state index in [1.54, 1.807) is 6.92 Å². The molecule has 0 radical (unpaired) electrons. The van der Waals surface area contributed by atoms with Crippen molar-refractivity contribution in [2.45, 2.75) is 37.9 Å². The van der Waals surface area contributed by atoms with Crippen LogP contribution in [0.1, 0.15) is 31.7 Å². The number of non-ortho nitro benzene ring substituents is 1. The van der Waals surface area contributed by atoms with Crippen molar-refractivity contribution in [2.24, 2.45) is 0 Å². The van der Waals surface area contributed by atoms with Crippen molar-refractivity contribution >= 4 is 11.6 Å². The van der Waals surface area contributed by atoms with Gasteiger partial charge < -0.3 is 0 Å². The molecule has 6 nitrogen and oxygen atoms in total. The maximum atomic E-state index is 14.0. The van der Waals surface area contributed by atoms with Gasteiger partial charge in [-0.25, -0.2) is 5.01 Å². The number of hydrogen-bond donors (Lipinski definition) is 1. The summed E-state index contributed by atoms with van der Waals surface area (Å²) in [5.74, 6) is -0.475. The van der Waals surface area contributed by atoms with Gasteiger partial charge in [0.1, 0.15) is 0 Å². The molecule has 126 valence electrons. The second-order valence-corrected chi connectivity index (χ2v) is 5.35. The highest BCUT2D eigenvalue weighted by atomic mass is 19.4. The number of hydrazine groups is 1. The van der Waals surface area contributed by atoms with Gasteiger partial charge in [-0.15, -0.1) is 0 Å². The Kier molecular flexibility index (Phi) is 4.60. The number of rotatable bonds is 5. The van der Waals surface area contributed by atoms with Gasteiger partial charge in [0.15, 0.2) is 5.54 Å². The second-order valence-electron chi connectivity index (χ2n) is 5.35. The molecular weight excluding hydrogens is 315 g/mol. The third-order valence-electron chi connectivity index (χ3n) is 3.92. The first-order valence-corrected chi connectivity index (χ1v) is 7.11. The maximum Gasteiger partial charge on any atom is 0.412 e. The summed E-state index contributed by atoms with van der Waals surface area (Å²) >= 11 is 0. The lowest BCUT2D eigenvalue weighted by Gasteiger charge is -2.42. The summed E-state index contributed by atoms with van der Waals surface area (Å²) < 4.78 is 41.9. The SMILES string of the molecule is CCCC(c1ccc([N+](=O)[O-])cc1)(N1CCC(=O)N1)C(F)(F)F. The summed E-state index contributed by atoms with van der Waals surface area (Å²) in [7, 11) is 0. The quantitative estimate of drug-likeness (QED) is 0.665. The first kappa shape index (κ1) is 17.2. The van der Waals surface area contributed by atoms with Crippen molar-refractivity contribution in [2.75, 3.05) is 6.54 Å². The molecule has 0 aliphatic carbocycles. The number of carbonyl (C=O) groups is 1. The second kappa shape index (κ2) is 6.15. The number of carbonyl (C=O) groups excluding carboxylic acids is 1. The van der Waals surface area contributed by atoms with Crippen LogP contribution < -0.4 is 5.43 Å². The van der Waals surface area contributed by atoms with Crippen molar-refractivity contribution in [3.8, 4) is 0 Å². The first-order valence-electron chi connectivity index (χ1n) is 7.11. The van der Waals surface area contributed by atoms with Crippen LogP contribution in [-0.4, -0.2) is 28.6 Å². The molecule has 2 rings (SSSR count). The minimum Gasteiger partial charge on any atom is -0.288 e. The van der Waals surface area contributed by atoms with Crippen LogP contribution in [0.25, 0.3) is 0 Å². The Morgan fingerprint density at radius 1 is 1.30 bits per heavy atom. The molecule has 0 saturated carbocycles. The highest BCUT2D eigenvalue weighted by Gasteiger charge is 2.60. The Morgan fingerprint density at radius 3 is 2.30 bits per heavy atom. The lowest BCUT2D eigenvalue weighted by molar-refractivity contribution is -0.384. The van der Waals surface area contributed by atoms with Gasteiger partial charge in [-0.2, -0.15) is 13.2 Å². The van der Waals surface area contributed by atoms with E-state index >= 15 is 0 Å². The molecule has 1 fully saturated rings. The minimum absolute atomic E-state index is 0.0193. The van der Waals surface area contributed by atoms with Crippen LogP contribution in [-0.2, 0) is 10.3 Å². The van der Waals surface area contributed by atoms with Crippen LogP contribution in [0, 0.1) is 10.1 Å². The number of amides is 1. The fourth-order valence-corrected chi connectivity index (χ4v) is 2.88. The normalized spacial score (nSPS) is 18.5. The monoisotopic (exact) mass is 331 g/mol. The lowest BCUT2D eigenvalue weighted by atomic mass is 9.84. The van der Waals surface area contributed by atoms with Crippen LogP contribution in [0.2, 0.25) is 0 Å². The molecule has 1 saturated heterocycles. The lowest BCUT2D eigenvalue weighted by Crippen LogP contribution is -2.59. The number of nitrogens with zero attached hydrogens (tertiary/aromatic N) is 2. The number of nitro groups is 1. The Balaban J connectivity index is 2.55. The molecule has 0 bridgehead atoms. The number of alkyl halides is 3. The number of nitrogens with one attached hydrogen (secondary N) is 1. The smallest absolute Gasteiger partial charge is 0.288 e. The Morgan fingerprint density at radius 2 is 1.91 bits per heavy atom. The van der Waals surface area contributed by atoms with Gasteiger partial charge in [0.2, 0.25) is 5.91 Å². The average Bonchev–Trinajstić information content (AvgIpc) is 2.90. The zero-order valence-electron chi connectivity index (χ0n) is 12.4. The molecule has 1 aromatic rings. The molecule has 1 aliphatic rings. The average molecular weight is 331 g/mol. The van der Waals surface area contributed by atoms with Crippen molar-refractivity contribution in [3.63, 3.8) is 0 Å². The third kappa shape index (κ3) is 3.00. The molecule has 1 aromatic carbocycles. The Bertz CT molecular complexity index is 604. The molecule has 0 spiro atoms. The first-order chi connectivity index (χ1) is 10.7. The van der Waals surface area contributed by atoms with Gasteiger partial charge in [0, 0.05) is 25.1 Å². The van der Waals surface area contributed by atoms with Gasteiger partial charge in [-0.05, 0) is 24.1 Å². The standard InChI is InChI=1S/C14H16F3N3O3/c1-2-8-13(14(15,16)17,19-9-7-12(21)18-19)10-3-5-11(6-4-10)20(22)23/h3-6H,2,7-9H2,1H3,(H,18,21). The number of nitro benzene ring substituents is 1. The number of hydrogen-bond acceptors (Lipinski definition) is 4. The van der Waals surface area contributed by atoms with Gasteiger partial charge in [0.05, 0.1) is 4.92 Å². The predicted octanol–water partition coefficient (Wildman–Crippen LogP) is 2.89. The summed E-state index contributed by atoms with van der Waals surface area (Å²) in [6, 6.07) is 4.30. The van der Waals surface area contributed by atoms with Crippen molar-refractivity contribution < 1.29 is 22.9 Å². The van der Waals surface area contributed by atoms with Crippen LogP contribution >= 0.6 is 0 Å². The van der Waals surface area contributed by atoms with E-state index in [1.807, 2.05) is 0 Å². The summed E-state index contributed by atoms with van der Waals surface area (Å²) in [6.45, 7) is 1.54. The van der Waals surface area contributed by atoms with E-state index in [2.05, 4.69) is 5.43 Å². The molecule has 1 atom stereocenters. The van der Waals surface area contributed by atoms with Gasteiger partial charge in [-0.3, -0.25) is 20.3 Å². The van der Waals surface area contributed by atoms with Gasteiger partial charge in [0.25, 0.3) is 5.69 Å². The van der Waals surface area contributed by atoms with Crippen LogP contribution in [0.15, 0.2) is 24.3 Å². The topological polar surface area (TPSA) is 75.5 Å². The maximum absolute atomic E-state index is 14.0. The van der Waals surface area contributed by atoms with E-state index in [4.69, 9.17) is 0 Å². The van der Waals surface area contributed by atoms with Crippen molar-refractivity contribution in [1.82, 2.24) is 10.4 Å². The van der Waals surface area contributed by atoms with Gasteiger partial charge in [-0.1, -0.05) is 13.3 Å². The van der Waals surface area contributed by atoms with Crippen LogP contribution in [0.4, 0.5) is 18.9 Å². The fraction of sp³-hybridized carbons (Fsp3) is 0.500. The van der Waals surface area contributed by atoms with Gasteiger partial charge >= 0.3 is 6.18 Å². The van der Waals surface area contributed by atoms with E-state index in [0.29, 0.717) is 0 Å². The summed E-state index contributed by atoms with van der Waals surface area (Å²) in [5.41, 5.74) is -0.548. The van der Waals surface area contributed by atoms with E-state index in [9.17, 15) is 28.1 Å². The van der Waals surface area contributed by atoms with Crippen molar-refractivity contribution in [1.29, 1.82) is 0 Å². The molecule has 1 amide bonds. The zero-order valence-corrected chi connectivity index (χ0v) is 12.4. The van der Waals surface area contributed by atoms with E-state index in [1.165, 1.54) is 0 Å². The zero-order chi connectivity index (χ0) is 17.3. The molecule has 9 heteroatoms. The van der Waals surface area contributed by atoms with E-state index in [0.717, 1.165) is 29.3 Å². The highest BCUT2D eigenvalue weighted by Crippen LogP contribution is 2.47. The molecule has 1 aliphatic heterocycles. The predicted molar refractivity (Wildman–Crippen MR) is 75.2 cm³/mol. The Labute approximate surface area is 130 Å².